The molecule has 0 unspecified atom stereocenters. The molecule has 0 bridgehead atoms. The lowest BCUT2D eigenvalue weighted by Gasteiger charge is -2.10. The highest BCUT2D eigenvalue weighted by Crippen LogP contribution is 2.33. The Kier molecular flexibility index (Phi) is 4.18. The van der Waals surface area contributed by atoms with Crippen molar-refractivity contribution in [2.24, 2.45) is 5.92 Å². The second-order valence-corrected chi connectivity index (χ2v) is 5.38. The van der Waals surface area contributed by atoms with Crippen LogP contribution in [0, 0.1) is 5.92 Å². The van der Waals surface area contributed by atoms with Crippen LogP contribution in [0.15, 0.2) is 28.7 Å². The van der Waals surface area contributed by atoms with Gasteiger partial charge in [0.25, 0.3) is 5.91 Å². The number of amides is 1. The van der Waals surface area contributed by atoms with E-state index in [0.29, 0.717) is 24.4 Å². The Balaban J connectivity index is 1.76. The lowest BCUT2D eigenvalue weighted by Crippen LogP contribution is -2.27. The van der Waals surface area contributed by atoms with Gasteiger partial charge in [0.15, 0.2) is 0 Å². The summed E-state index contributed by atoms with van der Waals surface area (Å²) in [6.45, 7) is 0.531. The highest BCUT2D eigenvalue weighted by Gasteiger charge is 2.29. The minimum absolute atomic E-state index is 0.0886. The molecule has 92 valence electrons. The molecule has 2 rings (SSSR count). The number of carbonyl (C=O) groups is 1. The summed E-state index contributed by atoms with van der Waals surface area (Å²) in [5.74, 6) is 0.382. The average molecular weight is 298 g/mol. The number of carbonyl (C=O) groups excluding carboxylic acids is 1. The Morgan fingerprint density at radius 1 is 1.53 bits per heavy atom. The highest BCUT2D eigenvalue weighted by atomic mass is 79.9. The van der Waals surface area contributed by atoms with Crippen molar-refractivity contribution in [3.05, 3.63) is 34.3 Å². The second kappa shape index (κ2) is 5.65. The Bertz CT molecular complexity index is 404. The maximum atomic E-state index is 11.8. The first-order valence-electron chi connectivity index (χ1n) is 5.88. The van der Waals surface area contributed by atoms with Crippen molar-refractivity contribution in [1.29, 1.82) is 0 Å². The lowest BCUT2D eigenvalue weighted by molar-refractivity contribution is 0.0937. The number of halogens is 1. The van der Waals surface area contributed by atoms with Crippen LogP contribution in [0.2, 0.25) is 0 Å². The molecule has 0 aromatic heterocycles. The van der Waals surface area contributed by atoms with E-state index in [-0.39, 0.29) is 12.0 Å². The largest absolute Gasteiger partial charge is 0.393 e. The van der Waals surface area contributed by atoms with Crippen LogP contribution in [0.3, 0.4) is 0 Å². The summed E-state index contributed by atoms with van der Waals surface area (Å²) in [6, 6.07) is 7.27. The molecule has 1 aromatic carbocycles. The van der Waals surface area contributed by atoms with E-state index < -0.39 is 0 Å². The smallest absolute Gasteiger partial charge is 0.251 e. The molecule has 1 aliphatic rings. The lowest BCUT2D eigenvalue weighted by atomic mass is 10.1. The molecular formula is C13H16BrNO2. The van der Waals surface area contributed by atoms with Crippen molar-refractivity contribution in [3.63, 3.8) is 0 Å². The molecule has 0 radical (unpaired) electrons. The zero-order valence-electron chi connectivity index (χ0n) is 9.53. The SMILES string of the molecule is O=C(NCC[C@@H](O)C1CC1)c1cccc(Br)c1. The van der Waals surface area contributed by atoms with E-state index in [1.807, 2.05) is 12.1 Å². The minimum atomic E-state index is -0.252. The van der Waals surface area contributed by atoms with Crippen molar-refractivity contribution in [1.82, 2.24) is 5.32 Å². The van der Waals surface area contributed by atoms with Crippen LogP contribution >= 0.6 is 15.9 Å². The minimum Gasteiger partial charge on any atom is -0.393 e. The zero-order chi connectivity index (χ0) is 12.3. The van der Waals surface area contributed by atoms with Gasteiger partial charge in [0.2, 0.25) is 0 Å². The van der Waals surface area contributed by atoms with Crippen molar-refractivity contribution in [2.45, 2.75) is 25.4 Å². The van der Waals surface area contributed by atoms with Gasteiger partial charge in [-0.25, -0.2) is 0 Å². The number of nitrogens with one attached hydrogen (secondary N) is 1. The van der Waals surface area contributed by atoms with Gasteiger partial charge in [0, 0.05) is 16.6 Å². The van der Waals surface area contributed by atoms with E-state index in [2.05, 4.69) is 21.2 Å². The molecule has 0 aliphatic heterocycles. The molecule has 3 nitrogen and oxygen atoms in total. The molecule has 1 saturated carbocycles. The van der Waals surface area contributed by atoms with Gasteiger partial charge in [-0.15, -0.1) is 0 Å². The van der Waals surface area contributed by atoms with Crippen molar-refractivity contribution < 1.29 is 9.90 Å². The number of aliphatic hydroxyl groups excluding tert-OH is 1. The van der Waals surface area contributed by atoms with Gasteiger partial charge in [0.1, 0.15) is 0 Å². The summed E-state index contributed by atoms with van der Waals surface area (Å²) >= 11 is 3.33. The second-order valence-electron chi connectivity index (χ2n) is 4.46. The monoisotopic (exact) mass is 297 g/mol. The third-order valence-electron chi connectivity index (χ3n) is 2.98. The van der Waals surface area contributed by atoms with Crippen LogP contribution < -0.4 is 5.32 Å². The predicted octanol–water partition coefficient (Wildman–Crippen LogP) is 2.34. The van der Waals surface area contributed by atoms with Crippen molar-refractivity contribution in [3.8, 4) is 0 Å². The first-order chi connectivity index (χ1) is 8.16. The van der Waals surface area contributed by atoms with Crippen LogP contribution in [0.1, 0.15) is 29.6 Å². The van der Waals surface area contributed by atoms with E-state index in [9.17, 15) is 9.90 Å². The molecule has 4 heteroatoms. The maximum absolute atomic E-state index is 11.8. The van der Waals surface area contributed by atoms with E-state index in [0.717, 1.165) is 17.3 Å². The van der Waals surface area contributed by atoms with E-state index in [1.165, 1.54) is 0 Å². The molecule has 0 spiro atoms. The summed E-state index contributed by atoms with van der Waals surface area (Å²) in [5, 5.41) is 12.5. The van der Waals surface area contributed by atoms with Crippen molar-refractivity contribution in [2.75, 3.05) is 6.54 Å². The molecule has 17 heavy (non-hydrogen) atoms. The van der Waals surface area contributed by atoms with Gasteiger partial charge in [-0.1, -0.05) is 22.0 Å². The van der Waals surface area contributed by atoms with Gasteiger partial charge in [0.05, 0.1) is 6.10 Å². The summed E-state index contributed by atoms with van der Waals surface area (Å²) in [4.78, 5) is 11.8. The Labute approximate surface area is 109 Å². The highest BCUT2D eigenvalue weighted by molar-refractivity contribution is 9.10. The fourth-order valence-corrected chi connectivity index (χ4v) is 2.18. The van der Waals surface area contributed by atoms with Gasteiger partial charge >= 0.3 is 0 Å². The molecule has 0 saturated heterocycles. The average Bonchev–Trinajstić information content (AvgIpc) is 3.12. The topological polar surface area (TPSA) is 49.3 Å². The molecule has 1 aromatic rings. The first-order valence-corrected chi connectivity index (χ1v) is 6.68. The Hall–Kier alpha value is -0.870. The Morgan fingerprint density at radius 2 is 2.29 bits per heavy atom. The van der Waals surface area contributed by atoms with E-state index in [4.69, 9.17) is 0 Å². The maximum Gasteiger partial charge on any atom is 0.251 e. The Morgan fingerprint density at radius 3 is 2.94 bits per heavy atom. The van der Waals surface area contributed by atoms with Gasteiger partial charge in [-0.3, -0.25) is 4.79 Å². The fourth-order valence-electron chi connectivity index (χ4n) is 1.78. The number of hydrogen-bond donors (Lipinski definition) is 2. The van der Waals surface area contributed by atoms with E-state index >= 15 is 0 Å². The molecule has 2 N–H and O–H groups in total. The number of rotatable bonds is 5. The van der Waals surface area contributed by atoms with Crippen molar-refractivity contribution >= 4 is 21.8 Å². The summed E-state index contributed by atoms with van der Waals surface area (Å²) in [5.41, 5.74) is 0.639. The van der Waals surface area contributed by atoms with Gasteiger partial charge in [-0.2, -0.15) is 0 Å². The standard InChI is InChI=1S/C13H16BrNO2/c14-11-3-1-2-10(8-11)13(17)15-7-6-12(16)9-4-5-9/h1-3,8-9,12,16H,4-7H2,(H,15,17)/t12-/m1/s1. The molecule has 1 atom stereocenters. The van der Waals surface area contributed by atoms with Gasteiger partial charge in [-0.05, 0) is 43.4 Å². The predicted molar refractivity (Wildman–Crippen MR) is 69.8 cm³/mol. The molecule has 1 aliphatic carbocycles. The van der Waals surface area contributed by atoms with Crippen LogP contribution in [0.4, 0.5) is 0 Å². The zero-order valence-corrected chi connectivity index (χ0v) is 11.1. The number of hydrogen-bond acceptors (Lipinski definition) is 2. The third-order valence-corrected chi connectivity index (χ3v) is 3.47. The first kappa shape index (κ1) is 12.6. The quantitative estimate of drug-likeness (QED) is 0.876. The molecule has 1 amide bonds. The van der Waals surface area contributed by atoms with E-state index in [1.54, 1.807) is 12.1 Å². The van der Waals surface area contributed by atoms with Crippen LogP contribution in [0.5, 0.6) is 0 Å². The molecule has 0 heterocycles. The third kappa shape index (κ3) is 3.82. The normalized spacial score (nSPS) is 16.6. The van der Waals surface area contributed by atoms with Crippen LogP contribution in [-0.2, 0) is 0 Å². The summed E-state index contributed by atoms with van der Waals surface area (Å²) < 4.78 is 0.892. The number of benzene rings is 1. The number of aliphatic hydroxyl groups is 1. The van der Waals surface area contributed by atoms with Gasteiger partial charge < -0.3 is 10.4 Å². The molecule has 1 fully saturated rings. The van der Waals surface area contributed by atoms with Crippen LogP contribution in [-0.4, -0.2) is 23.7 Å². The summed E-state index contributed by atoms with van der Waals surface area (Å²) in [6.07, 6.45) is 2.64. The van der Waals surface area contributed by atoms with Crippen LogP contribution in [0.25, 0.3) is 0 Å². The molecular weight excluding hydrogens is 282 g/mol. The summed E-state index contributed by atoms with van der Waals surface area (Å²) in [7, 11) is 0. The fraction of sp³-hybridized carbons (Fsp3) is 0.462.